The standard InChI is InChI=1S/C17H26ClN5O8S.Na/c1-3-4-5-6-21-8-10(2)23(16(27)15(21)26)17(28)20-11(7-18)13(24)19-12-9-22(14(12)25)32(29,30)31;/h10-12H,3-9H2,1-2H3,(H,19,24)(H,20,28)(H,29,30,31);/q;+1/p-1. The molecule has 0 aliphatic carbocycles. The Morgan fingerprint density at radius 1 is 1.18 bits per heavy atom. The Labute approximate surface area is 218 Å². The fourth-order valence-corrected chi connectivity index (χ4v) is 4.23. The van der Waals surface area contributed by atoms with Crippen molar-refractivity contribution in [1.29, 1.82) is 0 Å². The number of halogens is 1. The van der Waals surface area contributed by atoms with Gasteiger partial charge in [-0.05, 0) is 13.3 Å². The number of carbonyl (C=O) groups excluding carboxylic acids is 5. The zero-order valence-electron chi connectivity index (χ0n) is 18.6. The number of nitrogens with one attached hydrogen (secondary N) is 2. The van der Waals surface area contributed by atoms with Gasteiger partial charge in [0.25, 0.3) is 5.91 Å². The number of rotatable bonds is 9. The third-order valence-electron chi connectivity index (χ3n) is 5.11. The topological polar surface area (TPSA) is 176 Å². The van der Waals surface area contributed by atoms with Crippen molar-refractivity contribution < 1.29 is 66.5 Å². The third kappa shape index (κ3) is 7.02. The van der Waals surface area contributed by atoms with Gasteiger partial charge in [0.15, 0.2) is 10.3 Å². The van der Waals surface area contributed by atoms with E-state index in [1.807, 2.05) is 6.92 Å². The molecular formula is C17H25ClN5NaO8S. The molecule has 2 saturated heterocycles. The van der Waals surface area contributed by atoms with E-state index in [1.165, 1.54) is 4.90 Å². The number of unbranched alkanes of at least 4 members (excludes halogenated alkanes) is 2. The summed E-state index contributed by atoms with van der Waals surface area (Å²) in [6, 6.07) is -4.30. The molecule has 0 radical (unpaired) electrons. The Morgan fingerprint density at radius 2 is 1.82 bits per heavy atom. The van der Waals surface area contributed by atoms with Gasteiger partial charge < -0.3 is 20.1 Å². The van der Waals surface area contributed by atoms with Gasteiger partial charge in [-0.3, -0.25) is 24.1 Å². The van der Waals surface area contributed by atoms with E-state index in [1.54, 1.807) is 6.92 Å². The van der Waals surface area contributed by atoms with Gasteiger partial charge in [-0.25, -0.2) is 17.5 Å². The summed E-state index contributed by atoms with van der Waals surface area (Å²) in [5.41, 5.74) is 0. The predicted octanol–water partition coefficient (Wildman–Crippen LogP) is -4.66. The number of carbonyl (C=O) groups is 5. The van der Waals surface area contributed by atoms with Crippen LogP contribution in [0.4, 0.5) is 4.79 Å². The second-order valence-electron chi connectivity index (χ2n) is 7.53. The van der Waals surface area contributed by atoms with E-state index in [0.29, 0.717) is 11.4 Å². The van der Waals surface area contributed by atoms with E-state index in [0.717, 1.165) is 19.3 Å². The van der Waals surface area contributed by atoms with E-state index in [2.05, 4.69) is 10.6 Å². The first-order chi connectivity index (χ1) is 14.9. The number of β-lactam (4-membered cyclic amide) rings is 1. The first-order valence-electron chi connectivity index (χ1n) is 9.99. The number of urea groups is 1. The second-order valence-corrected chi connectivity index (χ2v) is 9.13. The van der Waals surface area contributed by atoms with Crippen molar-refractivity contribution in [3.63, 3.8) is 0 Å². The number of piperazine rings is 1. The molecule has 180 valence electrons. The van der Waals surface area contributed by atoms with Crippen LogP contribution in [0.5, 0.6) is 0 Å². The largest absolute Gasteiger partial charge is 1.00 e. The first kappa shape index (κ1) is 29.6. The summed E-state index contributed by atoms with van der Waals surface area (Å²) in [6.07, 6.45) is 2.57. The normalized spacial score (nSPS) is 21.8. The summed E-state index contributed by atoms with van der Waals surface area (Å²) in [4.78, 5) is 63.5. The van der Waals surface area contributed by atoms with Crippen molar-refractivity contribution in [2.24, 2.45) is 0 Å². The third-order valence-corrected chi connectivity index (χ3v) is 6.29. The Balaban J connectivity index is 0.00000544. The first-order valence-corrected chi connectivity index (χ1v) is 11.9. The molecule has 13 nitrogen and oxygen atoms in total. The zero-order chi connectivity index (χ0) is 24.2. The number of hydrogen-bond donors (Lipinski definition) is 2. The average Bonchev–Trinajstić information content (AvgIpc) is 2.71. The molecule has 33 heavy (non-hydrogen) atoms. The van der Waals surface area contributed by atoms with Crippen LogP contribution in [0, 0.1) is 0 Å². The Kier molecular flexibility index (Phi) is 11.0. The molecule has 0 aromatic rings. The summed E-state index contributed by atoms with van der Waals surface area (Å²) >= 11 is 5.73. The Bertz CT molecular complexity index is 904. The number of nitrogens with zero attached hydrogens (tertiary/aromatic N) is 3. The van der Waals surface area contributed by atoms with Crippen molar-refractivity contribution in [2.45, 2.75) is 51.2 Å². The molecule has 0 aromatic heterocycles. The minimum absolute atomic E-state index is 0. The average molecular weight is 518 g/mol. The van der Waals surface area contributed by atoms with Crippen LogP contribution in [0.2, 0.25) is 0 Å². The van der Waals surface area contributed by atoms with Gasteiger partial charge in [-0.15, -0.1) is 11.6 Å². The molecule has 0 bridgehead atoms. The van der Waals surface area contributed by atoms with Gasteiger partial charge in [0.1, 0.15) is 12.1 Å². The van der Waals surface area contributed by atoms with Gasteiger partial charge in [0, 0.05) is 13.1 Å². The van der Waals surface area contributed by atoms with Gasteiger partial charge in [0.05, 0.1) is 18.5 Å². The fourth-order valence-electron chi connectivity index (χ4n) is 3.33. The van der Waals surface area contributed by atoms with Crippen molar-refractivity contribution >= 4 is 51.6 Å². The molecule has 0 aromatic carbocycles. The quantitative estimate of drug-likeness (QED) is 0.0765. The van der Waals surface area contributed by atoms with Crippen LogP contribution in [0.3, 0.4) is 0 Å². The van der Waals surface area contributed by atoms with Crippen LogP contribution in [0.15, 0.2) is 0 Å². The van der Waals surface area contributed by atoms with Gasteiger partial charge in [-0.2, -0.15) is 0 Å². The summed E-state index contributed by atoms with van der Waals surface area (Å²) in [5.74, 6) is -4.31. The summed E-state index contributed by atoms with van der Waals surface area (Å²) < 4.78 is 32.6. The zero-order valence-corrected chi connectivity index (χ0v) is 22.1. The Hall–Kier alpha value is -1.45. The van der Waals surface area contributed by atoms with E-state index in [-0.39, 0.29) is 40.4 Å². The second kappa shape index (κ2) is 12.3. The van der Waals surface area contributed by atoms with Gasteiger partial charge >= 0.3 is 47.4 Å². The molecule has 16 heteroatoms. The molecule has 2 rings (SSSR count). The van der Waals surface area contributed by atoms with E-state index >= 15 is 0 Å². The van der Waals surface area contributed by atoms with Crippen LogP contribution >= 0.6 is 11.6 Å². The molecule has 2 heterocycles. The molecule has 2 aliphatic heterocycles. The molecule has 0 spiro atoms. The van der Waals surface area contributed by atoms with Crippen LogP contribution in [-0.4, -0.2) is 100 Å². The summed E-state index contributed by atoms with van der Waals surface area (Å²) in [6.45, 7) is 3.59. The minimum atomic E-state index is -4.97. The molecule has 3 atom stereocenters. The van der Waals surface area contributed by atoms with Crippen molar-refractivity contribution in [2.75, 3.05) is 25.5 Å². The van der Waals surface area contributed by atoms with Crippen molar-refractivity contribution in [1.82, 2.24) is 24.7 Å². The maximum absolute atomic E-state index is 12.6. The van der Waals surface area contributed by atoms with E-state index in [4.69, 9.17) is 11.6 Å². The van der Waals surface area contributed by atoms with Crippen LogP contribution < -0.4 is 40.2 Å². The molecule has 2 fully saturated rings. The molecule has 3 unspecified atom stereocenters. The molecule has 6 amide bonds. The summed E-state index contributed by atoms with van der Waals surface area (Å²) in [5, 5.41) is 4.42. The van der Waals surface area contributed by atoms with Crippen LogP contribution in [0.1, 0.15) is 33.1 Å². The Morgan fingerprint density at radius 3 is 2.33 bits per heavy atom. The molecule has 2 aliphatic rings. The summed E-state index contributed by atoms with van der Waals surface area (Å²) in [7, 11) is -4.97. The van der Waals surface area contributed by atoms with E-state index in [9.17, 15) is 36.9 Å². The fraction of sp³-hybridized carbons (Fsp3) is 0.706. The molecule has 2 N–H and O–H groups in total. The number of imide groups is 1. The maximum atomic E-state index is 12.6. The number of hydrogen-bond acceptors (Lipinski definition) is 8. The van der Waals surface area contributed by atoms with Crippen molar-refractivity contribution in [3.05, 3.63) is 0 Å². The number of amides is 6. The van der Waals surface area contributed by atoms with Gasteiger partial charge in [0.2, 0.25) is 5.91 Å². The number of alkyl halides is 1. The predicted molar refractivity (Wildman–Crippen MR) is 109 cm³/mol. The van der Waals surface area contributed by atoms with Crippen LogP contribution in [0.25, 0.3) is 0 Å². The monoisotopic (exact) mass is 517 g/mol. The van der Waals surface area contributed by atoms with Gasteiger partial charge in [-0.1, -0.05) is 19.8 Å². The van der Waals surface area contributed by atoms with E-state index < -0.39 is 70.5 Å². The minimum Gasteiger partial charge on any atom is -0.731 e. The maximum Gasteiger partial charge on any atom is 1.00 e. The SMILES string of the molecule is CCCCCN1CC(C)N(C(=O)NC(CCl)C(=O)NC2CN(S(=O)(=O)[O-])C2=O)C(=O)C1=O.[Na+]. The van der Waals surface area contributed by atoms with Crippen molar-refractivity contribution in [3.8, 4) is 0 Å². The van der Waals surface area contributed by atoms with Crippen LogP contribution in [-0.2, 0) is 29.5 Å². The smallest absolute Gasteiger partial charge is 0.731 e. The molecule has 0 saturated carbocycles. The molecular weight excluding hydrogens is 493 g/mol.